The molecular formula is C22H20FNO4S2. The van der Waals surface area contributed by atoms with Gasteiger partial charge in [-0.25, -0.2) is 16.8 Å². The Balaban J connectivity index is 1.86. The summed E-state index contributed by atoms with van der Waals surface area (Å²) in [6, 6.07) is 7.45. The van der Waals surface area contributed by atoms with Crippen molar-refractivity contribution >= 4 is 38.2 Å². The highest BCUT2D eigenvalue weighted by molar-refractivity contribution is 7.94. The molecule has 0 bridgehead atoms. The molecule has 0 fully saturated rings. The number of carboxylic acids is 1. The fourth-order valence-electron chi connectivity index (χ4n) is 3.57. The molecule has 1 aliphatic rings. The summed E-state index contributed by atoms with van der Waals surface area (Å²) in [7, 11) is -3.95. The van der Waals surface area contributed by atoms with E-state index in [-0.39, 0.29) is 17.7 Å². The average molecular weight is 446 g/mol. The first-order valence-electron chi connectivity index (χ1n) is 9.45. The largest absolute Gasteiger partial charge is 0.481 e. The van der Waals surface area contributed by atoms with Gasteiger partial charge in [0.2, 0.25) is 0 Å². The highest BCUT2D eigenvalue weighted by Gasteiger charge is 2.27. The molecule has 30 heavy (non-hydrogen) atoms. The summed E-state index contributed by atoms with van der Waals surface area (Å²) in [6.07, 6.45) is 4.34. The maximum absolute atomic E-state index is 13.8. The number of aryl methyl sites for hydroxylation is 1. The summed E-state index contributed by atoms with van der Waals surface area (Å²) < 4.78 is 41.6. The van der Waals surface area contributed by atoms with Crippen LogP contribution in [0, 0.1) is 5.92 Å². The third-order valence-corrected chi connectivity index (χ3v) is 7.62. The quantitative estimate of drug-likeness (QED) is 0.580. The Bertz CT molecular complexity index is 1270. The number of aromatic nitrogens is 1. The number of alkyl halides is 1. The summed E-state index contributed by atoms with van der Waals surface area (Å²) in [4.78, 5) is 11.1. The molecule has 2 aromatic heterocycles. The summed E-state index contributed by atoms with van der Waals surface area (Å²) in [5, 5.41) is 13.8. The molecule has 0 amide bonds. The van der Waals surface area contributed by atoms with Crippen molar-refractivity contribution in [2.45, 2.75) is 25.9 Å². The van der Waals surface area contributed by atoms with Gasteiger partial charge in [-0.2, -0.15) is 11.3 Å². The molecule has 1 aromatic carbocycles. The molecule has 4 rings (SSSR count). The van der Waals surface area contributed by atoms with E-state index in [9.17, 15) is 17.6 Å². The zero-order valence-electron chi connectivity index (χ0n) is 16.2. The third-order valence-electron chi connectivity index (χ3n) is 5.25. The van der Waals surface area contributed by atoms with Gasteiger partial charge < -0.3 is 5.11 Å². The van der Waals surface area contributed by atoms with E-state index < -0.39 is 28.1 Å². The Labute approximate surface area is 177 Å². The average Bonchev–Trinajstić information content (AvgIpc) is 3.36. The molecule has 0 saturated heterocycles. The van der Waals surface area contributed by atoms with Crippen molar-refractivity contribution in [1.29, 1.82) is 0 Å². The molecule has 0 aliphatic heterocycles. The fraction of sp³-hybridized carbons (Fsp3) is 0.227. The zero-order chi connectivity index (χ0) is 21.5. The van der Waals surface area contributed by atoms with E-state index in [1.54, 1.807) is 24.3 Å². The van der Waals surface area contributed by atoms with Crippen LogP contribution in [-0.2, 0) is 21.2 Å². The minimum atomic E-state index is -3.95. The van der Waals surface area contributed by atoms with Crippen LogP contribution in [0.4, 0.5) is 4.39 Å². The summed E-state index contributed by atoms with van der Waals surface area (Å²) in [6.45, 7) is 1.63. The zero-order valence-corrected chi connectivity index (χ0v) is 17.8. The number of carboxylic acid groups (broad SMARTS) is 1. The normalized spacial score (nSPS) is 19.2. The second-order valence-corrected chi connectivity index (χ2v) is 9.92. The van der Waals surface area contributed by atoms with E-state index >= 15 is 0 Å². The number of carbonyl (C=O) groups is 1. The molecule has 156 valence electrons. The minimum absolute atomic E-state index is 0.0347. The lowest BCUT2D eigenvalue weighted by molar-refractivity contribution is -0.136. The molecule has 0 radical (unpaired) electrons. The number of hydrogen-bond acceptors (Lipinski definition) is 4. The SMILES string of the molecule is CC1C=C(S(=O)(=O)n2cc(CCC(=O)O)c3cc(-c4ccsc4)ccc32)C=CC1F. The van der Waals surface area contributed by atoms with Gasteiger partial charge in [0, 0.05) is 23.9 Å². The molecule has 0 saturated carbocycles. The number of allylic oxidation sites excluding steroid dienone is 3. The van der Waals surface area contributed by atoms with Gasteiger partial charge in [0.25, 0.3) is 10.0 Å². The smallest absolute Gasteiger partial charge is 0.303 e. The monoisotopic (exact) mass is 445 g/mol. The van der Waals surface area contributed by atoms with Crippen molar-refractivity contribution in [2.24, 2.45) is 5.92 Å². The summed E-state index contributed by atoms with van der Waals surface area (Å²) >= 11 is 1.56. The number of nitrogens with zero attached hydrogens (tertiary/aromatic N) is 1. The molecule has 2 heterocycles. The fourth-order valence-corrected chi connectivity index (χ4v) is 5.78. The van der Waals surface area contributed by atoms with Crippen LogP contribution in [-0.4, -0.2) is 29.6 Å². The molecule has 5 nitrogen and oxygen atoms in total. The van der Waals surface area contributed by atoms with Crippen molar-refractivity contribution in [3.05, 3.63) is 69.9 Å². The number of aliphatic carboxylic acids is 1. The standard InChI is InChI=1S/C22H20FNO4S2/c1-14-10-18(4-5-20(14)23)30(27,28)24-12-16(3-7-22(25)26)19-11-15(2-6-21(19)24)17-8-9-29-13-17/h2,4-6,8-14,20H,3,7H2,1H3,(H,25,26). The van der Waals surface area contributed by atoms with Crippen LogP contribution >= 0.6 is 11.3 Å². The minimum Gasteiger partial charge on any atom is -0.481 e. The van der Waals surface area contributed by atoms with Crippen LogP contribution in [0.15, 0.2) is 64.4 Å². The van der Waals surface area contributed by atoms with E-state index in [1.807, 2.05) is 29.0 Å². The summed E-state index contributed by atoms with van der Waals surface area (Å²) in [5.41, 5.74) is 3.06. The van der Waals surface area contributed by atoms with Crippen molar-refractivity contribution < 1.29 is 22.7 Å². The van der Waals surface area contributed by atoms with Crippen molar-refractivity contribution in [3.63, 3.8) is 0 Å². The molecular weight excluding hydrogens is 425 g/mol. The lowest BCUT2D eigenvalue weighted by Crippen LogP contribution is -2.19. The van der Waals surface area contributed by atoms with Crippen LogP contribution in [0.1, 0.15) is 18.9 Å². The Morgan fingerprint density at radius 3 is 2.73 bits per heavy atom. The first kappa shape index (κ1) is 20.6. The van der Waals surface area contributed by atoms with Crippen molar-refractivity contribution in [2.75, 3.05) is 0 Å². The molecule has 2 atom stereocenters. The lowest BCUT2D eigenvalue weighted by Gasteiger charge is -2.17. The predicted octanol–water partition coefficient (Wildman–Crippen LogP) is 4.99. The molecule has 2 unspecified atom stereocenters. The van der Waals surface area contributed by atoms with Gasteiger partial charge in [-0.3, -0.25) is 4.79 Å². The van der Waals surface area contributed by atoms with Gasteiger partial charge in [-0.15, -0.1) is 0 Å². The predicted molar refractivity (Wildman–Crippen MR) is 117 cm³/mol. The van der Waals surface area contributed by atoms with Crippen LogP contribution < -0.4 is 0 Å². The molecule has 1 aliphatic carbocycles. The summed E-state index contributed by atoms with van der Waals surface area (Å²) in [5.74, 6) is -1.49. The second-order valence-electron chi connectivity index (χ2n) is 7.32. The molecule has 0 spiro atoms. The van der Waals surface area contributed by atoms with E-state index in [0.717, 1.165) is 11.1 Å². The second kappa shape index (κ2) is 7.85. The first-order valence-corrected chi connectivity index (χ1v) is 11.8. The third kappa shape index (κ3) is 3.73. The van der Waals surface area contributed by atoms with Gasteiger partial charge in [0.05, 0.1) is 10.4 Å². The van der Waals surface area contributed by atoms with Gasteiger partial charge >= 0.3 is 5.97 Å². The highest BCUT2D eigenvalue weighted by atomic mass is 32.2. The van der Waals surface area contributed by atoms with Gasteiger partial charge in [0.15, 0.2) is 0 Å². The van der Waals surface area contributed by atoms with E-state index in [1.165, 1.54) is 28.4 Å². The number of hydrogen-bond donors (Lipinski definition) is 1. The maximum Gasteiger partial charge on any atom is 0.303 e. The van der Waals surface area contributed by atoms with Gasteiger partial charge in [-0.1, -0.05) is 19.1 Å². The highest BCUT2D eigenvalue weighted by Crippen LogP contribution is 2.33. The molecule has 8 heteroatoms. The number of benzene rings is 1. The number of fused-ring (bicyclic) bond motifs is 1. The Morgan fingerprint density at radius 1 is 1.27 bits per heavy atom. The molecule has 3 aromatic rings. The topological polar surface area (TPSA) is 76.4 Å². The Hall–Kier alpha value is -2.71. The number of rotatable bonds is 6. The lowest BCUT2D eigenvalue weighted by atomic mass is 10.0. The van der Waals surface area contributed by atoms with Gasteiger partial charge in [-0.05, 0) is 64.2 Å². The van der Waals surface area contributed by atoms with Crippen LogP contribution in [0.5, 0.6) is 0 Å². The van der Waals surface area contributed by atoms with E-state index in [0.29, 0.717) is 16.5 Å². The number of thiophene rings is 1. The maximum atomic E-state index is 13.8. The van der Waals surface area contributed by atoms with Crippen molar-refractivity contribution in [3.8, 4) is 11.1 Å². The Kier molecular flexibility index (Phi) is 5.38. The molecule has 1 N–H and O–H groups in total. The van der Waals surface area contributed by atoms with E-state index in [2.05, 4.69) is 0 Å². The van der Waals surface area contributed by atoms with E-state index in [4.69, 9.17) is 5.11 Å². The van der Waals surface area contributed by atoms with Crippen molar-refractivity contribution in [1.82, 2.24) is 3.97 Å². The number of halogens is 1. The van der Waals surface area contributed by atoms with Crippen LogP contribution in [0.3, 0.4) is 0 Å². The van der Waals surface area contributed by atoms with Crippen LogP contribution in [0.2, 0.25) is 0 Å². The first-order chi connectivity index (χ1) is 14.3. The van der Waals surface area contributed by atoms with Crippen LogP contribution in [0.25, 0.3) is 22.0 Å². The van der Waals surface area contributed by atoms with Gasteiger partial charge in [0.1, 0.15) is 6.17 Å². The Morgan fingerprint density at radius 2 is 2.07 bits per heavy atom.